The largest absolute Gasteiger partial charge is 0.489 e. The highest BCUT2D eigenvalue weighted by atomic mass is 35.5. The predicted octanol–water partition coefficient (Wildman–Crippen LogP) is 5.09. The Kier molecular flexibility index (Phi) is 7.41. The first-order valence-corrected chi connectivity index (χ1v) is 13.7. The van der Waals surface area contributed by atoms with Crippen molar-refractivity contribution in [3.63, 3.8) is 0 Å². The monoisotopic (exact) mass is 550 g/mol. The SMILES string of the molecule is CCOC(=O)C1=C(C)N=c2s/c(=C/c3cccc(OCc4ccc(Cl)cc4)c3)c(=O)n2[C@H]1c1cccs1. The number of benzene rings is 2. The third-order valence-electron chi connectivity index (χ3n) is 5.80. The maximum Gasteiger partial charge on any atom is 0.338 e. The summed E-state index contributed by atoms with van der Waals surface area (Å²) in [6, 6.07) is 18.3. The molecule has 0 aliphatic carbocycles. The van der Waals surface area contributed by atoms with Gasteiger partial charge in [-0.3, -0.25) is 9.36 Å². The zero-order valence-corrected chi connectivity index (χ0v) is 22.5. The standard InChI is InChI=1S/C28H23ClN2O4S2/c1-3-34-27(33)24-17(2)30-28-31(25(24)22-8-5-13-36-22)26(32)23(37-28)15-19-6-4-7-21(14-19)35-16-18-9-11-20(29)12-10-18/h4-15,25H,3,16H2,1-2H3/b23-15+/t25-/m0/s1. The lowest BCUT2D eigenvalue weighted by molar-refractivity contribution is -0.139. The molecular weight excluding hydrogens is 528 g/mol. The molecule has 0 N–H and O–H groups in total. The molecule has 2 aromatic heterocycles. The number of aromatic nitrogens is 1. The molecule has 1 aliphatic rings. The highest BCUT2D eigenvalue weighted by Crippen LogP contribution is 2.33. The van der Waals surface area contributed by atoms with Gasteiger partial charge >= 0.3 is 5.97 Å². The van der Waals surface area contributed by atoms with E-state index in [1.54, 1.807) is 18.4 Å². The fourth-order valence-electron chi connectivity index (χ4n) is 4.10. The van der Waals surface area contributed by atoms with Gasteiger partial charge in [-0.15, -0.1) is 11.3 Å². The number of carbonyl (C=O) groups is 1. The summed E-state index contributed by atoms with van der Waals surface area (Å²) in [4.78, 5) is 32.6. The Hall–Kier alpha value is -3.46. The molecule has 0 amide bonds. The fourth-order valence-corrected chi connectivity index (χ4v) is 6.10. The minimum absolute atomic E-state index is 0.205. The van der Waals surface area contributed by atoms with E-state index in [0.717, 1.165) is 16.0 Å². The zero-order chi connectivity index (χ0) is 25.9. The van der Waals surface area contributed by atoms with Crippen LogP contribution in [0.1, 0.15) is 35.9 Å². The molecule has 1 atom stereocenters. The Morgan fingerprint density at radius 2 is 1.97 bits per heavy atom. The van der Waals surface area contributed by atoms with Crippen LogP contribution in [0.5, 0.6) is 5.75 Å². The summed E-state index contributed by atoms with van der Waals surface area (Å²) in [6.45, 7) is 4.19. The molecular formula is C28H23ClN2O4S2. The van der Waals surface area contributed by atoms with E-state index in [0.29, 0.717) is 38.0 Å². The second-order valence-electron chi connectivity index (χ2n) is 8.31. The number of esters is 1. The highest BCUT2D eigenvalue weighted by molar-refractivity contribution is 7.10. The van der Waals surface area contributed by atoms with E-state index >= 15 is 0 Å². The van der Waals surface area contributed by atoms with Crippen LogP contribution in [0.15, 0.2) is 87.1 Å². The first-order valence-electron chi connectivity index (χ1n) is 11.6. The molecule has 0 fully saturated rings. The van der Waals surface area contributed by atoms with Crippen molar-refractivity contribution in [2.75, 3.05) is 6.61 Å². The first-order chi connectivity index (χ1) is 17.9. The van der Waals surface area contributed by atoms with Gasteiger partial charge in [-0.2, -0.15) is 0 Å². The number of hydrogen-bond donors (Lipinski definition) is 0. The number of halogens is 1. The van der Waals surface area contributed by atoms with Crippen molar-refractivity contribution in [2.45, 2.75) is 26.5 Å². The summed E-state index contributed by atoms with van der Waals surface area (Å²) in [6.07, 6.45) is 1.83. The number of fused-ring (bicyclic) bond motifs is 1. The van der Waals surface area contributed by atoms with Crippen molar-refractivity contribution < 1.29 is 14.3 Å². The molecule has 0 saturated carbocycles. The van der Waals surface area contributed by atoms with Gasteiger partial charge in [0.05, 0.1) is 22.4 Å². The molecule has 0 radical (unpaired) electrons. The van der Waals surface area contributed by atoms with Gasteiger partial charge < -0.3 is 9.47 Å². The third-order valence-corrected chi connectivity index (χ3v) is 7.96. The molecule has 37 heavy (non-hydrogen) atoms. The third kappa shape index (κ3) is 5.32. The normalized spacial score (nSPS) is 15.3. The predicted molar refractivity (Wildman–Crippen MR) is 147 cm³/mol. The fraction of sp³-hybridized carbons (Fsp3) is 0.179. The molecule has 6 nitrogen and oxygen atoms in total. The molecule has 2 aromatic carbocycles. The minimum Gasteiger partial charge on any atom is -0.489 e. The van der Waals surface area contributed by atoms with Crippen LogP contribution in [0, 0.1) is 0 Å². The second-order valence-corrected chi connectivity index (χ2v) is 10.7. The highest BCUT2D eigenvalue weighted by Gasteiger charge is 2.33. The molecule has 0 bridgehead atoms. The van der Waals surface area contributed by atoms with E-state index in [-0.39, 0.29) is 12.2 Å². The molecule has 9 heteroatoms. The van der Waals surface area contributed by atoms with Crippen LogP contribution in [-0.2, 0) is 16.1 Å². The van der Waals surface area contributed by atoms with E-state index in [9.17, 15) is 9.59 Å². The minimum atomic E-state index is -0.577. The number of hydrogen-bond acceptors (Lipinski definition) is 7. The smallest absolute Gasteiger partial charge is 0.338 e. The Bertz CT molecular complexity index is 1650. The van der Waals surface area contributed by atoms with Gasteiger partial charge in [-0.05, 0) is 66.8 Å². The van der Waals surface area contributed by atoms with Gasteiger partial charge in [-0.1, -0.05) is 53.3 Å². The summed E-state index contributed by atoms with van der Waals surface area (Å²) in [5, 5.41) is 2.61. The number of allylic oxidation sites excluding steroid dienone is 1. The van der Waals surface area contributed by atoms with Crippen molar-refractivity contribution in [2.24, 2.45) is 4.99 Å². The molecule has 0 spiro atoms. The molecule has 3 heterocycles. The topological polar surface area (TPSA) is 69.9 Å². The van der Waals surface area contributed by atoms with Gasteiger partial charge in [0.1, 0.15) is 18.4 Å². The van der Waals surface area contributed by atoms with Gasteiger partial charge in [0, 0.05) is 9.90 Å². The van der Waals surface area contributed by atoms with Crippen LogP contribution < -0.4 is 19.6 Å². The van der Waals surface area contributed by atoms with Crippen molar-refractivity contribution in [1.82, 2.24) is 4.57 Å². The van der Waals surface area contributed by atoms with Crippen LogP contribution in [0.25, 0.3) is 6.08 Å². The summed E-state index contributed by atoms with van der Waals surface area (Å²) < 4.78 is 13.4. The number of ether oxygens (including phenoxy) is 2. The number of thiazole rings is 1. The van der Waals surface area contributed by atoms with Crippen molar-refractivity contribution in [3.8, 4) is 5.75 Å². The Morgan fingerprint density at radius 3 is 2.70 bits per heavy atom. The van der Waals surface area contributed by atoms with Gasteiger partial charge in [0.2, 0.25) is 0 Å². The van der Waals surface area contributed by atoms with Crippen molar-refractivity contribution in [1.29, 1.82) is 0 Å². The van der Waals surface area contributed by atoms with E-state index in [4.69, 9.17) is 21.1 Å². The summed E-state index contributed by atoms with van der Waals surface area (Å²) in [7, 11) is 0. The maximum atomic E-state index is 13.6. The number of rotatable bonds is 7. The Labute approximate surface area is 226 Å². The van der Waals surface area contributed by atoms with Gasteiger partial charge in [-0.25, -0.2) is 9.79 Å². The number of thiophene rings is 1. The first kappa shape index (κ1) is 25.2. The quantitative estimate of drug-likeness (QED) is 0.300. The zero-order valence-electron chi connectivity index (χ0n) is 20.1. The van der Waals surface area contributed by atoms with E-state index in [1.807, 2.05) is 72.1 Å². The van der Waals surface area contributed by atoms with E-state index < -0.39 is 12.0 Å². The summed E-state index contributed by atoms with van der Waals surface area (Å²) in [5.41, 5.74) is 2.57. The summed E-state index contributed by atoms with van der Waals surface area (Å²) in [5.74, 6) is 0.232. The molecule has 1 aliphatic heterocycles. The van der Waals surface area contributed by atoms with Crippen LogP contribution >= 0.6 is 34.3 Å². The van der Waals surface area contributed by atoms with Gasteiger partial charge in [0.25, 0.3) is 5.56 Å². The van der Waals surface area contributed by atoms with Crippen LogP contribution in [0.3, 0.4) is 0 Å². The van der Waals surface area contributed by atoms with Crippen LogP contribution in [0.2, 0.25) is 5.02 Å². The lowest BCUT2D eigenvalue weighted by Gasteiger charge is -2.23. The van der Waals surface area contributed by atoms with Crippen LogP contribution in [0.4, 0.5) is 0 Å². The molecule has 4 aromatic rings. The Balaban J connectivity index is 1.51. The molecule has 5 rings (SSSR count). The maximum absolute atomic E-state index is 13.6. The Morgan fingerprint density at radius 1 is 1.16 bits per heavy atom. The second kappa shape index (κ2) is 10.9. The average molecular weight is 551 g/mol. The molecule has 0 saturated heterocycles. The van der Waals surface area contributed by atoms with Crippen molar-refractivity contribution in [3.05, 3.63) is 118 Å². The van der Waals surface area contributed by atoms with Crippen molar-refractivity contribution >= 4 is 46.3 Å². The van der Waals surface area contributed by atoms with Gasteiger partial charge in [0.15, 0.2) is 4.80 Å². The average Bonchev–Trinajstić information content (AvgIpc) is 3.52. The van der Waals surface area contributed by atoms with E-state index in [1.165, 1.54) is 22.7 Å². The lowest BCUT2D eigenvalue weighted by Crippen LogP contribution is -2.39. The number of carbonyl (C=O) groups excluding carboxylic acids is 1. The molecule has 0 unspecified atom stereocenters. The molecule has 188 valence electrons. The van der Waals surface area contributed by atoms with E-state index in [2.05, 4.69) is 4.99 Å². The van der Waals surface area contributed by atoms with Crippen LogP contribution in [-0.4, -0.2) is 17.1 Å². The number of nitrogens with zero attached hydrogens (tertiary/aromatic N) is 2. The summed E-state index contributed by atoms with van der Waals surface area (Å²) >= 11 is 8.75. The lowest BCUT2D eigenvalue weighted by atomic mass is 10.0.